The summed E-state index contributed by atoms with van der Waals surface area (Å²) in [6.07, 6.45) is 6.19. The van der Waals surface area contributed by atoms with Crippen LogP contribution in [0.1, 0.15) is 45.2 Å². The molecule has 1 heterocycles. The lowest BCUT2D eigenvalue weighted by Gasteiger charge is -2.43. The van der Waals surface area contributed by atoms with Crippen molar-refractivity contribution in [3.63, 3.8) is 0 Å². The molecule has 1 aromatic heterocycles. The monoisotopic (exact) mass is 238 g/mol. The van der Waals surface area contributed by atoms with Crippen molar-refractivity contribution >= 4 is 11.3 Å². The summed E-state index contributed by atoms with van der Waals surface area (Å²) in [5.74, 6) is 0. The first-order valence-electron chi connectivity index (χ1n) is 6.13. The molecular weight excluding hydrogens is 216 g/mol. The van der Waals surface area contributed by atoms with Gasteiger partial charge in [-0.2, -0.15) is 0 Å². The third-order valence-electron chi connectivity index (χ3n) is 4.14. The normalized spacial score (nSPS) is 23.2. The molecule has 1 aromatic rings. The maximum absolute atomic E-state index is 6.02. The molecule has 16 heavy (non-hydrogen) atoms. The molecule has 0 spiro atoms. The molecule has 1 aliphatic carbocycles. The predicted molar refractivity (Wildman–Crippen MR) is 69.6 cm³/mol. The van der Waals surface area contributed by atoms with Crippen molar-refractivity contribution < 1.29 is 0 Å². The van der Waals surface area contributed by atoms with Gasteiger partial charge in [-0.15, -0.1) is 11.3 Å². The second-order valence-corrected chi connectivity index (χ2v) is 6.74. The van der Waals surface area contributed by atoms with E-state index in [2.05, 4.69) is 24.2 Å². The number of thiazole rings is 1. The van der Waals surface area contributed by atoms with Gasteiger partial charge < -0.3 is 5.73 Å². The summed E-state index contributed by atoms with van der Waals surface area (Å²) in [5, 5.41) is 2.16. The second-order valence-electron chi connectivity index (χ2n) is 6.02. The Labute approximate surface area is 102 Å². The highest BCUT2D eigenvalue weighted by atomic mass is 32.1. The fourth-order valence-corrected chi connectivity index (χ4v) is 3.18. The van der Waals surface area contributed by atoms with Crippen LogP contribution in [0.25, 0.3) is 0 Å². The van der Waals surface area contributed by atoms with E-state index < -0.39 is 0 Å². The topological polar surface area (TPSA) is 38.9 Å². The summed E-state index contributed by atoms with van der Waals surface area (Å²) in [7, 11) is 0. The molecule has 0 aromatic carbocycles. The van der Waals surface area contributed by atoms with Crippen LogP contribution in [0.2, 0.25) is 0 Å². The van der Waals surface area contributed by atoms with Crippen LogP contribution in [0.3, 0.4) is 0 Å². The van der Waals surface area contributed by atoms with Gasteiger partial charge in [0.2, 0.25) is 0 Å². The summed E-state index contributed by atoms with van der Waals surface area (Å²) in [6, 6.07) is 0. The number of hydrogen-bond acceptors (Lipinski definition) is 3. The van der Waals surface area contributed by atoms with Gasteiger partial charge in [0.05, 0.1) is 11.2 Å². The Kier molecular flexibility index (Phi) is 3.36. The van der Waals surface area contributed by atoms with Crippen molar-refractivity contribution in [3.8, 4) is 0 Å². The van der Waals surface area contributed by atoms with Gasteiger partial charge in [0.25, 0.3) is 0 Å². The van der Waals surface area contributed by atoms with Crippen molar-refractivity contribution in [1.29, 1.82) is 0 Å². The number of aromatic nitrogens is 1. The van der Waals surface area contributed by atoms with E-state index in [1.165, 1.54) is 31.4 Å². The van der Waals surface area contributed by atoms with Gasteiger partial charge in [-0.25, -0.2) is 4.98 Å². The fraction of sp³-hybridized carbons (Fsp3) is 0.769. The van der Waals surface area contributed by atoms with Gasteiger partial charge in [0.1, 0.15) is 0 Å². The molecule has 0 radical (unpaired) electrons. The third kappa shape index (κ3) is 2.64. The van der Waals surface area contributed by atoms with Crippen LogP contribution < -0.4 is 5.73 Å². The standard InChI is InChI=1S/C13H22N2S/c1-12(2)3-5-13(9-14,6-4-12)7-11-8-16-10-15-11/h8,10H,3-7,9,14H2,1-2H3. The van der Waals surface area contributed by atoms with Crippen molar-refractivity contribution in [2.45, 2.75) is 46.0 Å². The molecule has 1 saturated carbocycles. The maximum atomic E-state index is 6.02. The van der Waals surface area contributed by atoms with Crippen LogP contribution in [-0.4, -0.2) is 11.5 Å². The number of nitrogens with two attached hydrogens (primary N) is 1. The molecule has 1 fully saturated rings. The summed E-state index contributed by atoms with van der Waals surface area (Å²) >= 11 is 1.69. The van der Waals surface area contributed by atoms with Crippen molar-refractivity contribution in [2.75, 3.05) is 6.54 Å². The quantitative estimate of drug-likeness (QED) is 0.878. The van der Waals surface area contributed by atoms with Crippen LogP contribution in [-0.2, 0) is 6.42 Å². The van der Waals surface area contributed by atoms with E-state index in [0.717, 1.165) is 13.0 Å². The van der Waals surface area contributed by atoms with Crippen LogP contribution in [0.5, 0.6) is 0 Å². The van der Waals surface area contributed by atoms with E-state index in [-0.39, 0.29) is 0 Å². The average molecular weight is 238 g/mol. The molecule has 2 nitrogen and oxygen atoms in total. The number of nitrogens with zero attached hydrogens (tertiary/aromatic N) is 1. The van der Waals surface area contributed by atoms with Gasteiger partial charge >= 0.3 is 0 Å². The Bertz CT molecular complexity index is 320. The first kappa shape index (κ1) is 12.1. The minimum Gasteiger partial charge on any atom is -0.330 e. The highest BCUT2D eigenvalue weighted by Crippen LogP contribution is 2.46. The first-order valence-corrected chi connectivity index (χ1v) is 7.07. The zero-order chi connectivity index (χ0) is 11.6. The first-order chi connectivity index (χ1) is 7.55. The lowest BCUT2D eigenvalue weighted by atomic mass is 9.63. The molecule has 90 valence electrons. The highest BCUT2D eigenvalue weighted by molar-refractivity contribution is 7.07. The minimum absolute atomic E-state index is 0.323. The van der Waals surface area contributed by atoms with E-state index in [1.54, 1.807) is 11.3 Å². The smallest absolute Gasteiger partial charge is 0.0794 e. The Morgan fingerprint density at radius 2 is 2.00 bits per heavy atom. The van der Waals surface area contributed by atoms with Crippen LogP contribution in [0.4, 0.5) is 0 Å². The van der Waals surface area contributed by atoms with Crippen molar-refractivity contribution in [3.05, 3.63) is 16.6 Å². The van der Waals surface area contributed by atoms with E-state index in [1.807, 2.05) is 5.51 Å². The molecule has 1 aliphatic rings. The molecule has 0 bridgehead atoms. The Hall–Kier alpha value is -0.410. The molecule has 3 heteroatoms. The Morgan fingerprint density at radius 3 is 2.50 bits per heavy atom. The Balaban J connectivity index is 2.04. The summed E-state index contributed by atoms with van der Waals surface area (Å²) < 4.78 is 0. The minimum atomic E-state index is 0.323. The van der Waals surface area contributed by atoms with Crippen LogP contribution in [0.15, 0.2) is 10.9 Å². The van der Waals surface area contributed by atoms with Gasteiger partial charge in [-0.3, -0.25) is 0 Å². The molecule has 0 atom stereocenters. The van der Waals surface area contributed by atoms with Crippen molar-refractivity contribution in [1.82, 2.24) is 4.98 Å². The SMILES string of the molecule is CC1(C)CCC(CN)(Cc2cscn2)CC1. The zero-order valence-corrected chi connectivity index (χ0v) is 11.1. The van der Waals surface area contributed by atoms with Gasteiger partial charge in [0.15, 0.2) is 0 Å². The largest absolute Gasteiger partial charge is 0.330 e. The van der Waals surface area contributed by atoms with Gasteiger partial charge in [-0.1, -0.05) is 13.8 Å². The summed E-state index contributed by atoms with van der Waals surface area (Å²) in [5.41, 5.74) is 10.0. The van der Waals surface area contributed by atoms with Crippen LogP contribution in [0, 0.1) is 10.8 Å². The zero-order valence-electron chi connectivity index (χ0n) is 10.3. The predicted octanol–water partition coefficient (Wildman–Crippen LogP) is 3.23. The molecule has 0 unspecified atom stereocenters. The number of rotatable bonds is 3. The summed E-state index contributed by atoms with van der Waals surface area (Å²) in [4.78, 5) is 4.40. The average Bonchev–Trinajstić information content (AvgIpc) is 2.74. The van der Waals surface area contributed by atoms with E-state index in [9.17, 15) is 0 Å². The van der Waals surface area contributed by atoms with E-state index in [0.29, 0.717) is 10.8 Å². The fourth-order valence-electron chi connectivity index (χ4n) is 2.62. The highest BCUT2D eigenvalue weighted by Gasteiger charge is 2.37. The van der Waals surface area contributed by atoms with Crippen LogP contribution >= 0.6 is 11.3 Å². The number of hydrogen-bond donors (Lipinski definition) is 1. The molecule has 0 aliphatic heterocycles. The third-order valence-corrected chi connectivity index (χ3v) is 4.77. The lowest BCUT2D eigenvalue weighted by molar-refractivity contribution is 0.107. The summed E-state index contributed by atoms with van der Waals surface area (Å²) in [6.45, 7) is 5.55. The molecule has 0 amide bonds. The van der Waals surface area contributed by atoms with Gasteiger partial charge in [0, 0.05) is 5.38 Å². The van der Waals surface area contributed by atoms with E-state index >= 15 is 0 Å². The lowest BCUT2D eigenvalue weighted by Crippen LogP contribution is -2.39. The van der Waals surface area contributed by atoms with E-state index in [4.69, 9.17) is 5.73 Å². The Morgan fingerprint density at radius 1 is 1.31 bits per heavy atom. The second kappa shape index (κ2) is 4.46. The van der Waals surface area contributed by atoms with Gasteiger partial charge in [-0.05, 0) is 49.5 Å². The maximum Gasteiger partial charge on any atom is 0.0794 e. The molecule has 0 saturated heterocycles. The molecule has 2 rings (SSSR count). The molecule has 2 N–H and O–H groups in total. The molecular formula is C13H22N2S. The van der Waals surface area contributed by atoms with Crippen molar-refractivity contribution in [2.24, 2.45) is 16.6 Å².